The van der Waals surface area contributed by atoms with Crippen LogP contribution in [0.4, 0.5) is 5.69 Å². The molecule has 36 heavy (non-hydrogen) atoms. The Morgan fingerprint density at radius 2 is 1.78 bits per heavy atom. The topological polar surface area (TPSA) is 91.6 Å². The molecule has 2 aromatic carbocycles. The van der Waals surface area contributed by atoms with E-state index in [4.69, 9.17) is 4.52 Å². The third-order valence-corrected chi connectivity index (χ3v) is 7.39. The van der Waals surface area contributed by atoms with Gasteiger partial charge in [0.05, 0.1) is 23.7 Å². The second-order valence-corrected chi connectivity index (χ2v) is 10.4. The zero-order chi connectivity index (χ0) is 24.9. The summed E-state index contributed by atoms with van der Waals surface area (Å²) in [4.78, 5) is 34.9. The average Bonchev–Trinajstić information content (AvgIpc) is 3.38. The predicted molar refractivity (Wildman–Crippen MR) is 140 cm³/mol. The van der Waals surface area contributed by atoms with Gasteiger partial charge in [0, 0.05) is 29.7 Å². The van der Waals surface area contributed by atoms with Crippen molar-refractivity contribution in [2.45, 2.75) is 38.6 Å². The van der Waals surface area contributed by atoms with Gasteiger partial charge in [-0.15, -0.1) is 0 Å². The number of carbonyl (C=O) groups is 2. The molecule has 0 aliphatic carbocycles. The molecule has 8 nitrogen and oxygen atoms in total. The van der Waals surface area contributed by atoms with E-state index in [1.807, 2.05) is 47.4 Å². The Labute approximate surface area is 219 Å². The van der Waals surface area contributed by atoms with Gasteiger partial charge in [0.15, 0.2) is 0 Å². The van der Waals surface area contributed by atoms with Crippen molar-refractivity contribution >= 4 is 33.4 Å². The molecule has 9 heteroatoms. The van der Waals surface area contributed by atoms with E-state index in [1.54, 1.807) is 6.07 Å². The van der Waals surface area contributed by atoms with E-state index >= 15 is 0 Å². The van der Waals surface area contributed by atoms with Crippen molar-refractivity contribution in [1.82, 2.24) is 19.9 Å². The summed E-state index contributed by atoms with van der Waals surface area (Å²) < 4.78 is 6.48. The fourth-order valence-electron chi connectivity index (χ4n) is 4.92. The van der Waals surface area contributed by atoms with E-state index in [0.717, 1.165) is 61.8 Å². The number of para-hydroxylation sites is 1. The number of piperidine rings is 2. The van der Waals surface area contributed by atoms with Crippen LogP contribution in [0.3, 0.4) is 0 Å². The lowest BCUT2D eigenvalue weighted by Gasteiger charge is -2.31. The van der Waals surface area contributed by atoms with Crippen molar-refractivity contribution in [1.29, 1.82) is 0 Å². The Balaban J connectivity index is 1.21. The van der Waals surface area contributed by atoms with Crippen LogP contribution in [0.15, 0.2) is 57.5 Å². The Bertz CT molecular complexity index is 1210. The minimum atomic E-state index is -0.175. The Morgan fingerprint density at radius 1 is 1.00 bits per heavy atom. The van der Waals surface area contributed by atoms with Crippen molar-refractivity contribution in [2.75, 3.05) is 31.5 Å². The number of rotatable bonds is 6. The first-order chi connectivity index (χ1) is 17.6. The summed E-state index contributed by atoms with van der Waals surface area (Å²) in [5, 5.41) is 7.16. The van der Waals surface area contributed by atoms with Gasteiger partial charge < -0.3 is 14.7 Å². The van der Waals surface area contributed by atoms with E-state index in [9.17, 15) is 9.59 Å². The van der Waals surface area contributed by atoms with Crippen molar-refractivity contribution < 1.29 is 14.1 Å². The number of halogens is 1. The minimum absolute atomic E-state index is 0.00570. The van der Waals surface area contributed by atoms with Crippen LogP contribution in [0.2, 0.25) is 0 Å². The monoisotopic (exact) mass is 551 g/mol. The molecule has 188 valence electrons. The molecule has 1 atom stereocenters. The van der Waals surface area contributed by atoms with Crippen molar-refractivity contribution in [3.05, 3.63) is 64.5 Å². The summed E-state index contributed by atoms with van der Waals surface area (Å²) in [6.07, 6.45) is 4.93. The third kappa shape index (κ3) is 5.84. The molecule has 1 aromatic heterocycles. The van der Waals surface area contributed by atoms with Gasteiger partial charge in [0.2, 0.25) is 17.6 Å². The quantitative estimate of drug-likeness (QED) is 0.464. The number of nitrogens with one attached hydrogen (secondary N) is 1. The molecule has 0 radical (unpaired) electrons. The molecule has 2 aliphatic rings. The second-order valence-electron chi connectivity index (χ2n) is 9.48. The van der Waals surface area contributed by atoms with Gasteiger partial charge in [-0.25, -0.2) is 0 Å². The molecule has 3 heterocycles. The number of benzene rings is 2. The summed E-state index contributed by atoms with van der Waals surface area (Å²) in [6, 6.07) is 15.1. The number of hydrogen-bond donors (Lipinski definition) is 1. The molecule has 2 aliphatic heterocycles. The van der Waals surface area contributed by atoms with Crippen LogP contribution in [0.5, 0.6) is 0 Å². The molecule has 0 spiro atoms. The van der Waals surface area contributed by atoms with E-state index < -0.39 is 0 Å². The maximum Gasteiger partial charge on any atom is 0.255 e. The predicted octanol–water partition coefficient (Wildman–Crippen LogP) is 4.98. The number of anilines is 1. The van der Waals surface area contributed by atoms with Gasteiger partial charge in [0.1, 0.15) is 0 Å². The standard InChI is InChI=1S/C27H30BrN5O3/c28-21-12-10-19(11-13-21)25-30-24(36-31-25)18-32-14-6-7-20(17-32)26(34)29-23-9-3-2-8-22(23)27(35)33-15-4-1-5-16-33/h2-3,8-13,20H,1,4-7,14-18H2,(H,29,34). The SMILES string of the molecule is O=C(Nc1ccccc1C(=O)N1CCCCC1)C1CCCN(Cc2nc(-c3ccc(Br)cc3)no2)C1. The maximum atomic E-state index is 13.2. The lowest BCUT2D eigenvalue weighted by atomic mass is 9.96. The normalized spacial score (nSPS) is 18.7. The van der Waals surface area contributed by atoms with Gasteiger partial charge in [-0.1, -0.05) is 33.2 Å². The highest BCUT2D eigenvalue weighted by atomic mass is 79.9. The first kappa shape index (κ1) is 24.6. The number of aromatic nitrogens is 2. The first-order valence-electron chi connectivity index (χ1n) is 12.6. The Morgan fingerprint density at radius 3 is 2.58 bits per heavy atom. The lowest BCUT2D eigenvalue weighted by Crippen LogP contribution is -2.40. The van der Waals surface area contributed by atoms with Gasteiger partial charge in [-0.05, 0) is 75.0 Å². The highest BCUT2D eigenvalue weighted by Gasteiger charge is 2.28. The first-order valence-corrected chi connectivity index (χ1v) is 13.4. The van der Waals surface area contributed by atoms with E-state index in [-0.39, 0.29) is 17.7 Å². The number of carbonyl (C=O) groups excluding carboxylic acids is 2. The summed E-state index contributed by atoms with van der Waals surface area (Å²) in [5.41, 5.74) is 2.04. The lowest BCUT2D eigenvalue weighted by molar-refractivity contribution is -0.121. The summed E-state index contributed by atoms with van der Waals surface area (Å²) >= 11 is 3.43. The van der Waals surface area contributed by atoms with Gasteiger partial charge in [0.25, 0.3) is 5.91 Å². The third-order valence-electron chi connectivity index (χ3n) is 6.86. The highest BCUT2D eigenvalue weighted by molar-refractivity contribution is 9.10. The highest BCUT2D eigenvalue weighted by Crippen LogP contribution is 2.25. The Hall–Kier alpha value is -3.04. The van der Waals surface area contributed by atoms with Crippen molar-refractivity contribution in [3.8, 4) is 11.4 Å². The number of amides is 2. The van der Waals surface area contributed by atoms with Crippen LogP contribution in [-0.2, 0) is 11.3 Å². The van der Waals surface area contributed by atoms with E-state index in [0.29, 0.717) is 36.1 Å². The second kappa shape index (κ2) is 11.3. The van der Waals surface area contributed by atoms with E-state index in [2.05, 4.69) is 36.3 Å². The van der Waals surface area contributed by atoms with Crippen molar-refractivity contribution in [3.63, 3.8) is 0 Å². The molecule has 1 unspecified atom stereocenters. The zero-order valence-corrected chi connectivity index (χ0v) is 21.7. The molecule has 2 saturated heterocycles. The van der Waals surface area contributed by atoms with Gasteiger partial charge >= 0.3 is 0 Å². The van der Waals surface area contributed by atoms with E-state index in [1.165, 1.54) is 0 Å². The molecule has 2 fully saturated rings. The molecule has 0 saturated carbocycles. The number of nitrogens with zero attached hydrogens (tertiary/aromatic N) is 4. The smallest absolute Gasteiger partial charge is 0.255 e. The van der Waals surface area contributed by atoms with Crippen LogP contribution < -0.4 is 5.32 Å². The summed E-state index contributed by atoms with van der Waals surface area (Å²) in [6.45, 7) is 3.51. The molecular formula is C27H30BrN5O3. The fourth-order valence-corrected chi connectivity index (χ4v) is 5.18. The zero-order valence-electron chi connectivity index (χ0n) is 20.2. The maximum absolute atomic E-state index is 13.2. The molecule has 3 aromatic rings. The van der Waals surface area contributed by atoms with Crippen molar-refractivity contribution in [2.24, 2.45) is 5.92 Å². The molecule has 2 amide bonds. The van der Waals surface area contributed by atoms with Crippen LogP contribution in [0.1, 0.15) is 48.4 Å². The number of likely N-dealkylation sites (tertiary alicyclic amines) is 2. The summed E-state index contributed by atoms with van der Waals surface area (Å²) in [5.74, 6) is 0.851. The largest absolute Gasteiger partial charge is 0.339 e. The van der Waals surface area contributed by atoms with Crippen LogP contribution in [0.25, 0.3) is 11.4 Å². The molecule has 1 N–H and O–H groups in total. The van der Waals surface area contributed by atoms with Gasteiger partial charge in [-0.3, -0.25) is 14.5 Å². The fraction of sp³-hybridized carbons (Fsp3) is 0.407. The average molecular weight is 552 g/mol. The molecular weight excluding hydrogens is 522 g/mol. The van der Waals surface area contributed by atoms with Gasteiger partial charge in [-0.2, -0.15) is 4.98 Å². The Kier molecular flexibility index (Phi) is 7.77. The number of hydrogen-bond acceptors (Lipinski definition) is 6. The van der Waals surface area contributed by atoms with Crippen LogP contribution in [0, 0.1) is 5.92 Å². The summed E-state index contributed by atoms with van der Waals surface area (Å²) in [7, 11) is 0. The minimum Gasteiger partial charge on any atom is -0.339 e. The van der Waals surface area contributed by atoms with Crippen LogP contribution >= 0.6 is 15.9 Å². The molecule has 5 rings (SSSR count). The molecule has 0 bridgehead atoms. The van der Waals surface area contributed by atoms with Crippen LogP contribution in [-0.4, -0.2) is 57.9 Å².